The van der Waals surface area contributed by atoms with E-state index in [0.29, 0.717) is 17.4 Å². The molecule has 0 aromatic carbocycles. The zero-order valence-electron chi connectivity index (χ0n) is 46.0. The second kappa shape index (κ2) is 51.1. The van der Waals surface area contributed by atoms with Gasteiger partial charge in [0.15, 0.2) is 0 Å². The normalized spacial score (nSPS) is 14.4. The van der Waals surface area contributed by atoms with Gasteiger partial charge in [-0.2, -0.15) is 0 Å². The van der Waals surface area contributed by atoms with E-state index >= 15 is 0 Å². The number of amides is 1. The zero-order valence-corrected chi connectivity index (χ0v) is 46.9. The number of quaternary nitrogens is 1. The van der Waals surface area contributed by atoms with Gasteiger partial charge >= 0.3 is 7.82 Å². The number of aliphatic hydroxyl groups is 1. The number of rotatable bonds is 53. The summed E-state index contributed by atoms with van der Waals surface area (Å²) >= 11 is 0. The lowest BCUT2D eigenvalue weighted by atomic mass is 10.0. The van der Waals surface area contributed by atoms with Crippen LogP contribution in [0.1, 0.15) is 264 Å². The predicted octanol–water partition coefficient (Wildman–Crippen LogP) is 17.7. The number of phosphoric acid groups is 1. The predicted molar refractivity (Wildman–Crippen MR) is 300 cm³/mol. The average molecular weight is 991 g/mol. The molecule has 0 aromatic heterocycles. The molecular formula is C60H114N2O6P+. The van der Waals surface area contributed by atoms with Gasteiger partial charge in [-0.1, -0.05) is 242 Å². The van der Waals surface area contributed by atoms with Gasteiger partial charge in [0, 0.05) is 6.42 Å². The molecule has 0 aliphatic heterocycles. The molecule has 0 rings (SSSR count). The molecule has 0 radical (unpaired) electrons. The number of nitrogens with zero attached hydrogens (tertiary/aromatic N) is 1. The Morgan fingerprint density at radius 1 is 0.493 bits per heavy atom. The molecule has 0 fully saturated rings. The van der Waals surface area contributed by atoms with Gasteiger partial charge in [-0.25, -0.2) is 4.57 Å². The number of carbonyl (C=O) groups is 1. The Hall–Kier alpha value is -1.80. The highest BCUT2D eigenvalue weighted by molar-refractivity contribution is 7.47. The first kappa shape index (κ1) is 67.2. The molecular weight excluding hydrogens is 876 g/mol. The summed E-state index contributed by atoms with van der Waals surface area (Å²) in [5, 5.41) is 13.9. The fourth-order valence-corrected chi connectivity index (χ4v) is 9.08. The van der Waals surface area contributed by atoms with E-state index in [1.165, 1.54) is 193 Å². The largest absolute Gasteiger partial charge is 0.472 e. The summed E-state index contributed by atoms with van der Waals surface area (Å²) in [4.78, 5) is 23.3. The SMILES string of the molecule is CCCCCCCC/C=C/CC/C=C/CC/C=C/C(O)C(COP(=O)(O)OCC[N+](C)(C)C)NC(=O)CCCCCCCCCCCCCCCCC/C=C\C/C=C\CCCCCCCCCCC. The minimum atomic E-state index is -4.36. The van der Waals surface area contributed by atoms with Crippen molar-refractivity contribution in [2.45, 2.75) is 276 Å². The maximum absolute atomic E-state index is 13.0. The molecule has 0 aliphatic rings. The molecule has 3 atom stereocenters. The first-order chi connectivity index (χ1) is 33.5. The van der Waals surface area contributed by atoms with Gasteiger partial charge < -0.3 is 19.8 Å². The van der Waals surface area contributed by atoms with Crippen molar-refractivity contribution >= 4 is 13.7 Å². The second-order valence-corrected chi connectivity index (χ2v) is 22.4. The number of nitrogens with one attached hydrogen (secondary N) is 1. The molecule has 0 bridgehead atoms. The van der Waals surface area contributed by atoms with Crippen molar-refractivity contribution in [3.63, 3.8) is 0 Å². The number of unbranched alkanes of at least 4 members (excludes halogenated alkanes) is 32. The van der Waals surface area contributed by atoms with E-state index in [1.54, 1.807) is 6.08 Å². The molecule has 0 saturated carbocycles. The third-order valence-electron chi connectivity index (χ3n) is 12.9. The van der Waals surface area contributed by atoms with Crippen molar-refractivity contribution in [3.05, 3.63) is 60.8 Å². The van der Waals surface area contributed by atoms with Crippen LogP contribution in [0.4, 0.5) is 0 Å². The van der Waals surface area contributed by atoms with Crippen molar-refractivity contribution in [1.29, 1.82) is 0 Å². The summed E-state index contributed by atoms with van der Waals surface area (Å²) in [6.07, 6.45) is 69.1. The number of phosphoric ester groups is 1. The van der Waals surface area contributed by atoms with Crippen LogP contribution in [0.2, 0.25) is 0 Å². The Bertz CT molecular complexity index is 1310. The standard InChI is InChI=1S/C60H113N2O6P/c1-6-8-10-12-14-16-18-20-22-24-25-26-27-28-29-30-31-32-33-34-35-36-37-38-40-42-44-46-48-50-52-54-60(64)61-58(57-68-69(65,66)67-56-55-62(3,4)5)59(63)53-51-49-47-45-43-41-39-23-21-19-17-15-13-11-9-7-2/h21,23,25-26,28-29,43,45,51,53,58-59,63H,6-20,22,24,27,30-42,44,46-50,52,54-57H2,1-5H3,(H-,61,64,65,66)/p+1/b23-21+,26-25-,29-28-,45-43+,53-51+. The maximum Gasteiger partial charge on any atom is 0.472 e. The fourth-order valence-electron chi connectivity index (χ4n) is 8.34. The second-order valence-electron chi connectivity index (χ2n) is 21.0. The number of allylic oxidation sites excluding steroid dienone is 9. The van der Waals surface area contributed by atoms with Gasteiger partial charge in [0.1, 0.15) is 13.2 Å². The Balaban J connectivity index is 4.14. The summed E-state index contributed by atoms with van der Waals surface area (Å²) in [6.45, 7) is 4.79. The zero-order chi connectivity index (χ0) is 50.6. The maximum atomic E-state index is 13.0. The summed E-state index contributed by atoms with van der Waals surface area (Å²) < 4.78 is 23.7. The first-order valence-corrected chi connectivity index (χ1v) is 30.7. The Morgan fingerprint density at radius 3 is 1.25 bits per heavy atom. The van der Waals surface area contributed by atoms with Crippen LogP contribution in [0.15, 0.2) is 60.8 Å². The van der Waals surface area contributed by atoms with E-state index < -0.39 is 20.0 Å². The van der Waals surface area contributed by atoms with Gasteiger partial charge in [-0.15, -0.1) is 0 Å². The highest BCUT2D eigenvalue weighted by atomic mass is 31.2. The van der Waals surface area contributed by atoms with Crippen LogP contribution in [0, 0.1) is 0 Å². The van der Waals surface area contributed by atoms with Crippen LogP contribution in [-0.2, 0) is 18.4 Å². The molecule has 0 aliphatic carbocycles. The minimum absolute atomic E-state index is 0.0524. The first-order valence-electron chi connectivity index (χ1n) is 29.2. The van der Waals surface area contributed by atoms with Crippen LogP contribution in [-0.4, -0.2) is 73.4 Å². The monoisotopic (exact) mass is 990 g/mol. The quantitative estimate of drug-likeness (QED) is 0.0243. The molecule has 9 heteroatoms. The van der Waals surface area contributed by atoms with Crippen LogP contribution >= 0.6 is 7.82 Å². The minimum Gasteiger partial charge on any atom is -0.387 e. The lowest BCUT2D eigenvalue weighted by Crippen LogP contribution is -2.45. The van der Waals surface area contributed by atoms with E-state index in [4.69, 9.17) is 9.05 Å². The highest BCUT2D eigenvalue weighted by Crippen LogP contribution is 2.43. The highest BCUT2D eigenvalue weighted by Gasteiger charge is 2.27. The molecule has 0 aromatic rings. The van der Waals surface area contributed by atoms with Gasteiger partial charge in [-0.3, -0.25) is 13.8 Å². The lowest BCUT2D eigenvalue weighted by Gasteiger charge is -2.25. The van der Waals surface area contributed by atoms with Crippen molar-refractivity contribution in [2.75, 3.05) is 40.9 Å². The molecule has 3 unspecified atom stereocenters. The van der Waals surface area contributed by atoms with Crippen LogP contribution in [0.3, 0.4) is 0 Å². The third-order valence-corrected chi connectivity index (χ3v) is 13.9. The van der Waals surface area contributed by atoms with E-state index in [0.717, 1.165) is 51.4 Å². The van der Waals surface area contributed by atoms with Gasteiger partial charge in [-0.05, 0) is 77.0 Å². The van der Waals surface area contributed by atoms with Crippen LogP contribution < -0.4 is 5.32 Å². The summed E-state index contributed by atoms with van der Waals surface area (Å²) in [6, 6.07) is -0.871. The molecule has 0 spiro atoms. The Labute approximate surface area is 428 Å². The lowest BCUT2D eigenvalue weighted by molar-refractivity contribution is -0.870. The number of hydrogen-bond donors (Lipinski definition) is 3. The van der Waals surface area contributed by atoms with Crippen molar-refractivity contribution < 1.29 is 32.9 Å². The van der Waals surface area contributed by atoms with E-state index in [2.05, 4.69) is 67.8 Å². The van der Waals surface area contributed by atoms with Gasteiger partial charge in [0.2, 0.25) is 5.91 Å². The molecule has 404 valence electrons. The average Bonchev–Trinajstić information content (AvgIpc) is 3.31. The fraction of sp³-hybridized carbons (Fsp3) is 0.817. The van der Waals surface area contributed by atoms with Gasteiger partial charge in [0.25, 0.3) is 0 Å². The van der Waals surface area contributed by atoms with Crippen LogP contribution in [0.5, 0.6) is 0 Å². The van der Waals surface area contributed by atoms with Crippen molar-refractivity contribution in [1.82, 2.24) is 5.32 Å². The molecule has 1 amide bonds. The smallest absolute Gasteiger partial charge is 0.387 e. The third kappa shape index (κ3) is 53.8. The van der Waals surface area contributed by atoms with E-state index in [1.807, 2.05) is 27.2 Å². The molecule has 3 N–H and O–H groups in total. The van der Waals surface area contributed by atoms with Gasteiger partial charge in [0.05, 0.1) is 39.9 Å². The Kier molecular flexibility index (Phi) is 49.8. The summed E-state index contributed by atoms with van der Waals surface area (Å²) in [5.74, 6) is -0.191. The number of carbonyl (C=O) groups excluding carboxylic acids is 1. The molecule has 8 nitrogen and oxygen atoms in total. The summed E-state index contributed by atoms with van der Waals surface area (Å²) in [7, 11) is 1.55. The number of likely N-dealkylation sites (N-methyl/N-ethyl adjacent to an activating group) is 1. The van der Waals surface area contributed by atoms with Crippen LogP contribution in [0.25, 0.3) is 0 Å². The van der Waals surface area contributed by atoms with Crippen molar-refractivity contribution in [3.8, 4) is 0 Å². The summed E-state index contributed by atoms with van der Waals surface area (Å²) in [5.41, 5.74) is 0. The molecule has 0 heterocycles. The van der Waals surface area contributed by atoms with E-state index in [-0.39, 0.29) is 19.1 Å². The number of hydrogen-bond acceptors (Lipinski definition) is 5. The number of aliphatic hydroxyl groups excluding tert-OH is 1. The van der Waals surface area contributed by atoms with Crippen molar-refractivity contribution in [2.24, 2.45) is 0 Å². The molecule has 0 saturated heterocycles. The topological polar surface area (TPSA) is 105 Å². The molecule has 69 heavy (non-hydrogen) atoms. The Morgan fingerprint density at radius 2 is 0.841 bits per heavy atom. The van der Waals surface area contributed by atoms with E-state index in [9.17, 15) is 19.4 Å².